The first-order valence-electron chi connectivity index (χ1n) is 6.09. The summed E-state index contributed by atoms with van der Waals surface area (Å²) < 4.78 is 9.79. The highest BCUT2D eigenvalue weighted by Gasteiger charge is 2.24. The van der Waals surface area contributed by atoms with Crippen molar-refractivity contribution in [2.45, 2.75) is 45.3 Å². The van der Waals surface area contributed by atoms with E-state index in [1.54, 1.807) is 13.8 Å². The lowest BCUT2D eigenvalue weighted by atomic mass is 10.3. The lowest BCUT2D eigenvalue weighted by Crippen LogP contribution is -2.25. The summed E-state index contributed by atoms with van der Waals surface area (Å²) in [6.07, 6.45) is 2.20. The van der Waals surface area contributed by atoms with Crippen molar-refractivity contribution in [1.29, 1.82) is 0 Å². The van der Waals surface area contributed by atoms with Gasteiger partial charge < -0.3 is 9.47 Å². The Morgan fingerprint density at radius 2 is 1.76 bits per heavy atom. The first-order valence-corrected chi connectivity index (χ1v) is 7.14. The summed E-state index contributed by atoms with van der Waals surface area (Å²) >= 11 is 1.47. The molecule has 1 atom stereocenters. The predicted molar refractivity (Wildman–Crippen MR) is 69.0 cm³/mol. The number of hydrogen-bond acceptors (Lipinski definition) is 5. The van der Waals surface area contributed by atoms with Crippen molar-refractivity contribution in [2.75, 3.05) is 19.0 Å². The van der Waals surface area contributed by atoms with Gasteiger partial charge in [-0.25, -0.2) is 0 Å². The molecule has 0 aromatic heterocycles. The Hall–Kier alpha value is -0.710. The molecule has 0 rings (SSSR count). The average Bonchev–Trinajstić information content (AvgIpc) is 2.28. The van der Waals surface area contributed by atoms with E-state index in [0.29, 0.717) is 13.2 Å². The van der Waals surface area contributed by atoms with Crippen LogP contribution in [0.15, 0.2) is 0 Å². The molecular formula is C12H22O4S. The molecule has 0 radical (unpaired) electrons. The zero-order chi connectivity index (χ0) is 13.1. The SMILES string of the molecule is CCCCSC(CC(=O)OCC)C(=O)OCC. The molecule has 0 spiro atoms. The van der Waals surface area contributed by atoms with E-state index < -0.39 is 5.25 Å². The molecule has 0 aliphatic carbocycles. The van der Waals surface area contributed by atoms with E-state index in [1.807, 2.05) is 0 Å². The van der Waals surface area contributed by atoms with E-state index in [1.165, 1.54) is 11.8 Å². The van der Waals surface area contributed by atoms with Crippen LogP contribution in [0.1, 0.15) is 40.0 Å². The molecule has 17 heavy (non-hydrogen) atoms. The van der Waals surface area contributed by atoms with Crippen molar-refractivity contribution in [1.82, 2.24) is 0 Å². The Labute approximate surface area is 107 Å². The minimum absolute atomic E-state index is 0.0983. The van der Waals surface area contributed by atoms with Crippen molar-refractivity contribution in [3.63, 3.8) is 0 Å². The molecule has 0 aliphatic heterocycles. The van der Waals surface area contributed by atoms with E-state index in [2.05, 4.69) is 6.92 Å². The Morgan fingerprint density at radius 1 is 1.12 bits per heavy atom. The lowest BCUT2D eigenvalue weighted by Gasteiger charge is -2.14. The number of unbranched alkanes of at least 4 members (excludes halogenated alkanes) is 1. The molecule has 1 unspecified atom stereocenters. The first kappa shape index (κ1) is 16.3. The van der Waals surface area contributed by atoms with Crippen molar-refractivity contribution in [3.8, 4) is 0 Å². The van der Waals surface area contributed by atoms with Gasteiger partial charge in [-0.2, -0.15) is 0 Å². The van der Waals surface area contributed by atoms with Crippen LogP contribution >= 0.6 is 11.8 Å². The molecule has 0 heterocycles. The maximum atomic E-state index is 11.6. The van der Waals surface area contributed by atoms with Crippen LogP contribution in [0.4, 0.5) is 0 Å². The van der Waals surface area contributed by atoms with E-state index in [-0.39, 0.29) is 18.4 Å². The minimum atomic E-state index is -0.430. The van der Waals surface area contributed by atoms with Gasteiger partial charge in [0.2, 0.25) is 0 Å². The summed E-state index contributed by atoms with van der Waals surface area (Å²) in [5.41, 5.74) is 0. The highest BCUT2D eigenvalue weighted by molar-refractivity contribution is 8.00. The summed E-state index contributed by atoms with van der Waals surface area (Å²) in [6, 6.07) is 0. The topological polar surface area (TPSA) is 52.6 Å². The Morgan fingerprint density at radius 3 is 2.29 bits per heavy atom. The number of carbonyl (C=O) groups excluding carboxylic acids is 2. The number of thioether (sulfide) groups is 1. The van der Waals surface area contributed by atoms with Gasteiger partial charge in [0.25, 0.3) is 0 Å². The average molecular weight is 262 g/mol. The summed E-state index contributed by atoms with van der Waals surface area (Å²) in [5.74, 6) is 0.204. The fourth-order valence-corrected chi connectivity index (χ4v) is 2.38. The van der Waals surface area contributed by atoms with Crippen molar-refractivity contribution >= 4 is 23.7 Å². The quantitative estimate of drug-likeness (QED) is 0.472. The second kappa shape index (κ2) is 10.4. The number of hydrogen-bond donors (Lipinski definition) is 0. The Balaban J connectivity index is 4.18. The van der Waals surface area contributed by atoms with Crippen LogP contribution in [0.2, 0.25) is 0 Å². The first-order chi connectivity index (χ1) is 8.15. The maximum absolute atomic E-state index is 11.6. The van der Waals surface area contributed by atoms with Crippen LogP contribution in [0, 0.1) is 0 Å². The second-order valence-electron chi connectivity index (χ2n) is 3.47. The van der Waals surface area contributed by atoms with Gasteiger partial charge in [-0.3, -0.25) is 9.59 Å². The third kappa shape index (κ3) is 8.07. The van der Waals surface area contributed by atoms with Crippen molar-refractivity contribution in [2.24, 2.45) is 0 Å². The highest BCUT2D eigenvalue weighted by Crippen LogP contribution is 2.18. The Bertz CT molecular complexity index is 231. The van der Waals surface area contributed by atoms with Crippen LogP contribution in [-0.4, -0.2) is 36.2 Å². The van der Waals surface area contributed by atoms with Crippen LogP contribution in [0.3, 0.4) is 0 Å². The van der Waals surface area contributed by atoms with Crippen LogP contribution in [0.5, 0.6) is 0 Å². The number of carbonyl (C=O) groups is 2. The predicted octanol–water partition coefficient (Wildman–Crippen LogP) is 2.40. The largest absolute Gasteiger partial charge is 0.466 e. The standard InChI is InChI=1S/C12H22O4S/c1-4-7-8-17-10(12(14)16-6-3)9-11(13)15-5-2/h10H,4-9H2,1-3H3. The summed E-state index contributed by atoms with van der Waals surface area (Å²) in [6.45, 7) is 6.28. The molecule has 0 aromatic rings. The van der Waals surface area contributed by atoms with Gasteiger partial charge in [0.1, 0.15) is 5.25 Å². The zero-order valence-corrected chi connectivity index (χ0v) is 11.7. The van der Waals surface area contributed by atoms with Gasteiger partial charge in [-0.05, 0) is 26.0 Å². The van der Waals surface area contributed by atoms with Gasteiger partial charge in [0.15, 0.2) is 0 Å². The van der Waals surface area contributed by atoms with Gasteiger partial charge in [-0.15, -0.1) is 11.8 Å². The molecular weight excluding hydrogens is 240 g/mol. The smallest absolute Gasteiger partial charge is 0.319 e. The third-order valence-corrected chi connectivity index (χ3v) is 3.31. The van der Waals surface area contributed by atoms with Crippen LogP contribution in [0.25, 0.3) is 0 Å². The molecule has 0 aliphatic rings. The third-order valence-electron chi connectivity index (χ3n) is 2.02. The molecule has 0 amide bonds. The minimum Gasteiger partial charge on any atom is -0.466 e. The second-order valence-corrected chi connectivity index (χ2v) is 4.78. The summed E-state index contributed by atoms with van der Waals surface area (Å²) in [5, 5.41) is -0.430. The molecule has 0 saturated carbocycles. The molecule has 0 fully saturated rings. The fraction of sp³-hybridized carbons (Fsp3) is 0.833. The summed E-state index contributed by atoms with van der Waals surface area (Å²) in [4.78, 5) is 23.0. The van der Waals surface area contributed by atoms with Gasteiger partial charge >= 0.3 is 11.9 Å². The van der Waals surface area contributed by atoms with E-state index in [9.17, 15) is 9.59 Å². The summed E-state index contributed by atoms with van der Waals surface area (Å²) in [7, 11) is 0. The molecule has 0 bridgehead atoms. The molecule has 100 valence electrons. The van der Waals surface area contributed by atoms with Crippen LogP contribution < -0.4 is 0 Å². The lowest BCUT2D eigenvalue weighted by molar-refractivity contribution is -0.149. The fourth-order valence-electron chi connectivity index (χ4n) is 1.19. The number of esters is 2. The number of rotatable bonds is 9. The van der Waals surface area contributed by atoms with Crippen LogP contribution in [-0.2, 0) is 19.1 Å². The zero-order valence-electron chi connectivity index (χ0n) is 10.9. The van der Waals surface area contributed by atoms with E-state index in [0.717, 1.165) is 18.6 Å². The van der Waals surface area contributed by atoms with Crippen molar-refractivity contribution in [3.05, 3.63) is 0 Å². The monoisotopic (exact) mass is 262 g/mol. The molecule has 0 saturated heterocycles. The Kier molecular flexibility index (Phi) is 10.0. The molecule has 4 nitrogen and oxygen atoms in total. The highest BCUT2D eigenvalue weighted by atomic mass is 32.2. The molecule has 0 aromatic carbocycles. The molecule has 0 N–H and O–H groups in total. The van der Waals surface area contributed by atoms with Crippen molar-refractivity contribution < 1.29 is 19.1 Å². The van der Waals surface area contributed by atoms with E-state index in [4.69, 9.17) is 9.47 Å². The van der Waals surface area contributed by atoms with Gasteiger partial charge in [0, 0.05) is 0 Å². The van der Waals surface area contributed by atoms with Gasteiger partial charge in [-0.1, -0.05) is 13.3 Å². The van der Waals surface area contributed by atoms with Gasteiger partial charge in [0.05, 0.1) is 19.6 Å². The molecule has 5 heteroatoms. The normalized spacial score (nSPS) is 11.9. The number of ether oxygens (including phenoxy) is 2. The maximum Gasteiger partial charge on any atom is 0.319 e. The van der Waals surface area contributed by atoms with E-state index >= 15 is 0 Å².